The molecule has 0 aliphatic carbocycles. The first kappa shape index (κ1) is 10.8. The van der Waals surface area contributed by atoms with Crippen LogP contribution in [0.4, 0.5) is 0 Å². The quantitative estimate of drug-likeness (QED) is 0.555. The molecular formula is C10H11ClN2O. The fourth-order valence-corrected chi connectivity index (χ4v) is 1.06. The minimum Gasteiger partial charge on any atom is -0.458 e. The van der Waals surface area contributed by atoms with E-state index in [1.54, 1.807) is 19.9 Å². The highest BCUT2D eigenvalue weighted by Gasteiger charge is 2.16. The molecule has 0 atom stereocenters. The Morgan fingerprint density at radius 1 is 1.50 bits per heavy atom. The van der Waals surface area contributed by atoms with Crippen molar-refractivity contribution in [1.29, 1.82) is 0 Å². The van der Waals surface area contributed by atoms with Crippen LogP contribution in [0.25, 0.3) is 0 Å². The van der Waals surface area contributed by atoms with Crippen molar-refractivity contribution in [2.75, 3.05) is 0 Å². The van der Waals surface area contributed by atoms with Gasteiger partial charge in [-0.15, -0.1) is 6.42 Å². The first-order chi connectivity index (χ1) is 6.43. The summed E-state index contributed by atoms with van der Waals surface area (Å²) < 4.78 is 5.44. The van der Waals surface area contributed by atoms with Gasteiger partial charge in [0.1, 0.15) is 0 Å². The number of hydrogen-bond acceptors (Lipinski definition) is 3. The molecule has 0 N–H and O–H groups in total. The average molecular weight is 211 g/mol. The monoisotopic (exact) mass is 210 g/mol. The number of rotatable bonds is 2. The Balaban J connectivity index is 2.94. The smallest absolute Gasteiger partial charge is 0.225 e. The fraction of sp³-hybridized carbons (Fsp3) is 0.400. The highest BCUT2D eigenvalue weighted by atomic mass is 35.5. The van der Waals surface area contributed by atoms with Crippen molar-refractivity contribution < 1.29 is 4.74 Å². The molecule has 3 nitrogen and oxygen atoms in total. The zero-order valence-corrected chi connectivity index (χ0v) is 9.09. The SMILES string of the molecule is C#CC(C)(C)Oc1cc(C)nc(Cl)n1. The highest BCUT2D eigenvalue weighted by Crippen LogP contribution is 2.17. The first-order valence-electron chi connectivity index (χ1n) is 4.11. The van der Waals surface area contributed by atoms with E-state index in [1.165, 1.54) is 0 Å². The van der Waals surface area contributed by atoms with Gasteiger partial charge in [-0.2, -0.15) is 4.98 Å². The Labute approximate surface area is 88.5 Å². The maximum atomic E-state index is 5.67. The molecule has 0 aliphatic rings. The second-order valence-corrected chi connectivity index (χ2v) is 3.71. The standard InChI is InChI=1S/C10H11ClN2O/c1-5-10(3,4)14-8-6-7(2)12-9(11)13-8/h1,6H,2-4H3. The maximum absolute atomic E-state index is 5.67. The van der Waals surface area contributed by atoms with Gasteiger partial charge in [0, 0.05) is 11.8 Å². The van der Waals surface area contributed by atoms with Crippen molar-refractivity contribution in [2.45, 2.75) is 26.4 Å². The molecule has 1 aromatic heterocycles. The Morgan fingerprint density at radius 2 is 2.14 bits per heavy atom. The van der Waals surface area contributed by atoms with Crippen molar-refractivity contribution in [1.82, 2.24) is 9.97 Å². The van der Waals surface area contributed by atoms with Gasteiger partial charge in [-0.05, 0) is 32.4 Å². The van der Waals surface area contributed by atoms with Crippen LogP contribution >= 0.6 is 11.6 Å². The molecular weight excluding hydrogens is 200 g/mol. The minimum absolute atomic E-state index is 0.160. The van der Waals surface area contributed by atoms with E-state index >= 15 is 0 Å². The van der Waals surface area contributed by atoms with Gasteiger partial charge in [0.25, 0.3) is 0 Å². The zero-order valence-electron chi connectivity index (χ0n) is 8.34. The molecule has 0 aromatic carbocycles. The number of aryl methyl sites for hydroxylation is 1. The summed E-state index contributed by atoms with van der Waals surface area (Å²) in [4.78, 5) is 7.82. The molecule has 0 fully saturated rings. The van der Waals surface area contributed by atoms with Crippen LogP contribution in [0.2, 0.25) is 5.28 Å². The summed E-state index contributed by atoms with van der Waals surface area (Å²) in [6.45, 7) is 5.36. The Morgan fingerprint density at radius 3 is 2.64 bits per heavy atom. The lowest BCUT2D eigenvalue weighted by atomic mass is 10.1. The van der Waals surface area contributed by atoms with E-state index < -0.39 is 5.60 Å². The second-order valence-electron chi connectivity index (χ2n) is 3.37. The third-order valence-electron chi connectivity index (χ3n) is 1.51. The average Bonchev–Trinajstić information content (AvgIpc) is 2.01. The number of halogens is 1. The summed E-state index contributed by atoms with van der Waals surface area (Å²) in [5, 5.41) is 0.160. The zero-order chi connectivity index (χ0) is 10.8. The number of terminal acetylenes is 1. The molecule has 74 valence electrons. The molecule has 1 aromatic rings. The third-order valence-corrected chi connectivity index (χ3v) is 1.68. The molecule has 0 spiro atoms. The van der Waals surface area contributed by atoms with E-state index in [-0.39, 0.29) is 5.28 Å². The molecule has 0 saturated carbocycles. The number of nitrogens with zero attached hydrogens (tertiary/aromatic N) is 2. The summed E-state index contributed by atoms with van der Waals surface area (Å²) in [6.07, 6.45) is 5.28. The molecule has 4 heteroatoms. The molecule has 0 amide bonds. The number of hydrogen-bond donors (Lipinski definition) is 0. The number of aromatic nitrogens is 2. The highest BCUT2D eigenvalue weighted by molar-refractivity contribution is 6.28. The molecule has 0 radical (unpaired) electrons. The lowest BCUT2D eigenvalue weighted by Gasteiger charge is -2.19. The predicted octanol–water partition coefficient (Wildman–Crippen LogP) is 2.23. The van der Waals surface area contributed by atoms with Crippen LogP contribution in [-0.4, -0.2) is 15.6 Å². The van der Waals surface area contributed by atoms with E-state index in [9.17, 15) is 0 Å². The van der Waals surface area contributed by atoms with Crippen LogP contribution in [-0.2, 0) is 0 Å². The van der Waals surface area contributed by atoms with Crippen LogP contribution in [0.5, 0.6) is 5.88 Å². The van der Waals surface area contributed by atoms with Gasteiger partial charge in [0.2, 0.25) is 11.2 Å². The lowest BCUT2D eigenvalue weighted by molar-refractivity contribution is 0.164. The fourth-order valence-electron chi connectivity index (χ4n) is 0.848. The van der Waals surface area contributed by atoms with Gasteiger partial charge in [0.15, 0.2) is 5.60 Å². The molecule has 0 unspecified atom stereocenters. The van der Waals surface area contributed by atoms with Crippen molar-refractivity contribution in [3.8, 4) is 18.2 Å². The Bertz CT molecular complexity index is 362. The summed E-state index contributed by atoms with van der Waals surface area (Å²) in [7, 11) is 0. The van der Waals surface area contributed by atoms with E-state index in [0.717, 1.165) is 5.69 Å². The Hall–Kier alpha value is -1.27. The molecule has 14 heavy (non-hydrogen) atoms. The van der Waals surface area contributed by atoms with Gasteiger partial charge in [0.05, 0.1) is 0 Å². The normalized spacial score (nSPS) is 10.8. The minimum atomic E-state index is -0.690. The van der Waals surface area contributed by atoms with Crippen molar-refractivity contribution in [3.05, 3.63) is 17.0 Å². The first-order valence-corrected chi connectivity index (χ1v) is 4.49. The summed E-state index contributed by atoms with van der Waals surface area (Å²) in [6, 6.07) is 1.69. The van der Waals surface area contributed by atoms with Gasteiger partial charge in [-0.25, -0.2) is 4.98 Å². The van der Waals surface area contributed by atoms with Gasteiger partial charge in [-0.1, -0.05) is 5.92 Å². The summed E-state index contributed by atoms with van der Waals surface area (Å²) in [5.74, 6) is 2.90. The second kappa shape index (κ2) is 3.85. The molecule has 1 heterocycles. The van der Waals surface area contributed by atoms with E-state index in [0.29, 0.717) is 5.88 Å². The molecule has 1 rings (SSSR count). The molecule has 0 saturated heterocycles. The maximum Gasteiger partial charge on any atom is 0.225 e. The van der Waals surface area contributed by atoms with Crippen LogP contribution in [0.3, 0.4) is 0 Å². The van der Waals surface area contributed by atoms with Crippen molar-refractivity contribution in [2.24, 2.45) is 0 Å². The van der Waals surface area contributed by atoms with Gasteiger partial charge in [-0.3, -0.25) is 0 Å². The lowest BCUT2D eigenvalue weighted by Crippen LogP contribution is -2.26. The topological polar surface area (TPSA) is 35.0 Å². The molecule has 0 bridgehead atoms. The van der Waals surface area contributed by atoms with Gasteiger partial charge >= 0.3 is 0 Å². The van der Waals surface area contributed by atoms with Crippen LogP contribution in [0, 0.1) is 19.3 Å². The van der Waals surface area contributed by atoms with Crippen molar-refractivity contribution in [3.63, 3.8) is 0 Å². The van der Waals surface area contributed by atoms with Crippen LogP contribution < -0.4 is 4.74 Å². The van der Waals surface area contributed by atoms with Crippen LogP contribution in [0.1, 0.15) is 19.5 Å². The number of ether oxygens (including phenoxy) is 1. The summed E-state index contributed by atoms with van der Waals surface area (Å²) in [5.41, 5.74) is 0.0530. The predicted molar refractivity (Wildman–Crippen MR) is 55.3 cm³/mol. The van der Waals surface area contributed by atoms with E-state index in [4.69, 9.17) is 22.8 Å². The van der Waals surface area contributed by atoms with E-state index in [2.05, 4.69) is 15.9 Å². The molecule has 0 aliphatic heterocycles. The Kier molecular flexibility index (Phi) is 2.97. The summed E-state index contributed by atoms with van der Waals surface area (Å²) >= 11 is 5.67. The largest absolute Gasteiger partial charge is 0.458 e. The van der Waals surface area contributed by atoms with Crippen molar-refractivity contribution >= 4 is 11.6 Å². The van der Waals surface area contributed by atoms with Crippen LogP contribution in [0.15, 0.2) is 6.07 Å². The van der Waals surface area contributed by atoms with E-state index in [1.807, 2.05) is 6.92 Å². The van der Waals surface area contributed by atoms with Gasteiger partial charge < -0.3 is 4.74 Å². The third kappa shape index (κ3) is 2.90.